The fourth-order valence-corrected chi connectivity index (χ4v) is 1.32. The lowest BCUT2D eigenvalue weighted by molar-refractivity contribution is -0.210. The monoisotopic (exact) mass is 235 g/mol. The minimum atomic E-state index is -4.75. The third-order valence-electron chi connectivity index (χ3n) is 2.17. The molecule has 0 amide bonds. The number of nitrogens with two attached hydrogens (primary N) is 1. The van der Waals surface area contributed by atoms with Gasteiger partial charge in [0.15, 0.2) is 6.10 Å². The summed E-state index contributed by atoms with van der Waals surface area (Å²) in [7, 11) is 1.32. The van der Waals surface area contributed by atoms with E-state index >= 15 is 0 Å². The minimum absolute atomic E-state index is 0.120. The molecule has 1 aromatic rings. The molecule has 3 N–H and O–H groups in total. The van der Waals surface area contributed by atoms with Crippen molar-refractivity contribution >= 4 is 0 Å². The smallest absolute Gasteiger partial charge is 0.416 e. The van der Waals surface area contributed by atoms with Gasteiger partial charge in [-0.1, -0.05) is 18.2 Å². The quantitative estimate of drug-likeness (QED) is 0.837. The molecule has 0 saturated carbocycles. The SMILES string of the molecule is COc1ccccc1[C@H](N)[C@H](O)C(F)(F)F. The standard InChI is InChI=1S/C10H12F3NO2/c1-16-7-5-3-2-4-6(7)8(14)9(15)10(11,12)13/h2-5,8-9,15H,14H2,1H3/t8-,9-/m0/s1. The van der Waals surface area contributed by atoms with Crippen LogP contribution in [0.15, 0.2) is 24.3 Å². The van der Waals surface area contributed by atoms with E-state index in [2.05, 4.69) is 0 Å². The topological polar surface area (TPSA) is 55.5 Å². The Hall–Kier alpha value is -1.27. The van der Waals surface area contributed by atoms with E-state index < -0.39 is 18.3 Å². The molecule has 2 atom stereocenters. The predicted octanol–water partition coefficient (Wildman–Crippen LogP) is 1.62. The summed E-state index contributed by atoms with van der Waals surface area (Å²) in [5.41, 5.74) is 5.47. The first-order chi connectivity index (χ1) is 7.38. The number of methoxy groups -OCH3 is 1. The van der Waals surface area contributed by atoms with Gasteiger partial charge in [0.2, 0.25) is 0 Å². The molecule has 0 radical (unpaired) electrons. The first-order valence-electron chi connectivity index (χ1n) is 4.51. The third-order valence-corrected chi connectivity index (χ3v) is 2.17. The Balaban J connectivity index is 3.00. The molecule has 0 unspecified atom stereocenters. The zero-order valence-electron chi connectivity index (χ0n) is 8.53. The second kappa shape index (κ2) is 4.71. The summed E-state index contributed by atoms with van der Waals surface area (Å²) in [4.78, 5) is 0. The van der Waals surface area contributed by atoms with Crippen LogP contribution in [-0.2, 0) is 0 Å². The van der Waals surface area contributed by atoms with Crippen LogP contribution in [0.3, 0.4) is 0 Å². The molecule has 0 bridgehead atoms. The lowest BCUT2D eigenvalue weighted by Crippen LogP contribution is -2.38. The number of rotatable bonds is 3. The largest absolute Gasteiger partial charge is 0.496 e. The number of hydrogen-bond acceptors (Lipinski definition) is 3. The molecular formula is C10H12F3NO2. The van der Waals surface area contributed by atoms with Crippen molar-refractivity contribution in [1.29, 1.82) is 0 Å². The number of halogens is 3. The summed E-state index contributed by atoms with van der Waals surface area (Å²) in [6.45, 7) is 0. The van der Waals surface area contributed by atoms with Gasteiger partial charge in [-0.3, -0.25) is 0 Å². The Kier molecular flexibility index (Phi) is 3.77. The van der Waals surface area contributed by atoms with Crippen molar-refractivity contribution in [1.82, 2.24) is 0 Å². The molecule has 0 fully saturated rings. The molecule has 1 aromatic carbocycles. The fourth-order valence-electron chi connectivity index (χ4n) is 1.32. The summed E-state index contributed by atoms with van der Waals surface area (Å²) >= 11 is 0. The number of benzene rings is 1. The fraction of sp³-hybridized carbons (Fsp3) is 0.400. The van der Waals surface area contributed by atoms with E-state index in [9.17, 15) is 13.2 Å². The summed E-state index contributed by atoms with van der Waals surface area (Å²) in [6.07, 6.45) is -7.36. The summed E-state index contributed by atoms with van der Waals surface area (Å²) in [6, 6.07) is 4.45. The van der Waals surface area contributed by atoms with Crippen LogP contribution in [0.25, 0.3) is 0 Å². The lowest BCUT2D eigenvalue weighted by Gasteiger charge is -2.22. The van der Waals surface area contributed by atoms with E-state index in [1.54, 1.807) is 6.07 Å². The number of hydrogen-bond donors (Lipinski definition) is 2. The summed E-state index contributed by atoms with van der Waals surface area (Å²) in [5.74, 6) is 0.221. The average Bonchev–Trinajstić information content (AvgIpc) is 2.25. The van der Waals surface area contributed by atoms with Crippen molar-refractivity contribution in [2.45, 2.75) is 18.3 Å². The molecular weight excluding hydrogens is 223 g/mol. The summed E-state index contributed by atoms with van der Waals surface area (Å²) in [5, 5.41) is 9.02. The van der Waals surface area contributed by atoms with Gasteiger partial charge in [-0.15, -0.1) is 0 Å². The first kappa shape index (κ1) is 12.8. The van der Waals surface area contributed by atoms with Gasteiger partial charge in [0, 0.05) is 5.56 Å². The van der Waals surface area contributed by atoms with Crippen LogP contribution in [0, 0.1) is 0 Å². The Morgan fingerprint density at radius 2 is 1.88 bits per heavy atom. The van der Waals surface area contributed by atoms with Crippen molar-refractivity contribution in [3.05, 3.63) is 29.8 Å². The zero-order chi connectivity index (χ0) is 12.3. The number of ether oxygens (including phenoxy) is 1. The molecule has 3 nitrogen and oxygen atoms in total. The zero-order valence-corrected chi connectivity index (χ0v) is 8.53. The van der Waals surface area contributed by atoms with Gasteiger partial charge in [0.1, 0.15) is 5.75 Å². The van der Waals surface area contributed by atoms with Gasteiger partial charge in [0.05, 0.1) is 13.2 Å². The number of aliphatic hydroxyl groups excluding tert-OH is 1. The van der Waals surface area contributed by atoms with E-state index in [1.165, 1.54) is 25.3 Å². The van der Waals surface area contributed by atoms with Crippen LogP contribution >= 0.6 is 0 Å². The van der Waals surface area contributed by atoms with E-state index in [0.29, 0.717) is 0 Å². The van der Waals surface area contributed by atoms with Gasteiger partial charge in [0.25, 0.3) is 0 Å². The van der Waals surface area contributed by atoms with Gasteiger partial charge in [-0.05, 0) is 6.07 Å². The van der Waals surface area contributed by atoms with Gasteiger partial charge < -0.3 is 15.6 Å². The first-order valence-corrected chi connectivity index (χ1v) is 4.51. The molecule has 90 valence electrons. The molecule has 0 aliphatic heterocycles. The van der Waals surface area contributed by atoms with E-state index in [1.807, 2.05) is 0 Å². The molecule has 16 heavy (non-hydrogen) atoms. The predicted molar refractivity (Wildman–Crippen MR) is 52.0 cm³/mol. The second-order valence-electron chi connectivity index (χ2n) is 3.25. The van der Waals surface area contributed by atoms with Crippen molar-refractivity contribution < 1.29 is 23.0 Å². The highest BCUT2D eigenvalue weighted by molar-refractivity contribution is 5.36. The molecule has 6 heteroatoms. The van der Waals surface area contributed by atoms with Crippen LogP contribution in [0.5, 0.6) is 5.75 Å². The van der Waals surface area contributed by atoms with Gasteiger partial charge >= 0.3 is 6.18 Å². The van der Waals surface area contributed by atoms with Crippen LogP contribution in [0.1, 0.15) is 11.6 Å². The molecule has 0 heterocycles. The van der Waals surface area contributed by atoms with Crippen molar-refractivity contribution in [2.24, 2.45) is 5.73 Å². The van der Waals surface area contributed by atoms with Crippen LogP contribution in [-0.4, -0.2) is 24.5 Å². The molecule has 0 aliphatic rings. The maximum Gasteiger partial charge on any atom is 0.416 e. The number of alkyl halides is 3. The number of aliphatic hydroxyl groups is 1. The second-order valence-corrected chi connectivity index (χ2v) is 3.25. The Morgan fingerprint density at radius 1 is 1.31 bits per heavy atom. The van der Waals surface area contributed by atoms with E-state index in [-0.39, 0.29) is 11.3 Å². The lowest BCUT2D eigenvalue weighted by atomic mass is 10.0. The average molecular weight is 235 g/mol. The maximum atomic E-state index is 12.3. The molecule has 0 aliphatic carbocycles. The third kappa shape index (κ3) is 2.65. The van der Waals surface area contributed by atoms with Gasteiger partial charge in [-0.2, -0.15) is 13.2 Å². The molecule has 0 saturated heterocycles. The van der Waals surface area contributed by atoms with Crippen molar-refractivity contribution in [3.63, 3.8) is 0 Å². The normalized spacial score (nSPS) is 15.6. The minimum Gasteiger partial charge on any atom is -0.496 e. The highest BCUT2D eigenvalue weighted by Crippen LogP contribution is 2.32. The van der Waals surface area contributed by atoms with Crippen LogP contribution in [0.4, 0.5) is 13.2 Å². The van der Waals surface area contributed by atoms with Crippen LogP contribution < -0.4 is 10.5 Å². The summed E-state index contributed by atoms with van der Waals surface area (Å²) < 4.78 is 41.6. The molecule has 1 rings (SSSR count). The Labute approximate surface area is 90.6 Å². The van der Waals surface area contributed by atoms with E-state index in [0.717, 1.165) is 0 Å². The molecule has 0 spiro atoms. The van der Waals surface area contributed by atoms with Crippen molar-refractivity contribution in [3.8, 4) is 5.75 Å². The Morgan fingerprint density at radius 3 is 2.38 bits per heavy atom. The van der Waals surface area contributed by atoms with Gasteiger partial charge in [-0.25, -0.2) is 0 Å². The highest BCUT2D eigenvalue weighted by atomic mass is 19.4. The maximum absolute atomic E-state index is 12.3. The van der Waals surface area contributed by atoms with Crippen LogP contribution in [0.2, 0.25) is 0 Å². The Bertz CT molecular complexity index is 354. The van der Waals surface area contributed by atoms with Crippen molar-refractivity contribution in [2.75, 3.05) is 7.11 Å². The number of para-hydroxylation sites is 1. The highest BCUT2D eigenvalue weighted by Gasteiger charge is 2.43. The van der Waals surface area contributed by atoms with E-state index in [4.69, 9.17) is 15.6 Å². The molecule has 0 aromatic heterocycles.